The van der Waals surface area contributed by atoms with Gasteiger partial charge < -0.3 is 19.3 Å². The van der Waals surface area contributed by atoms with Gasteiger partial charge in [-0.25, -0.2) is 0 Å². The first-order chi connectivity index (χ1) is 18.1. The monoisotopic (exact) mass is 555 g/mol. The Kier molecular flexibility index (Phi) is 7.90. The van der Waals surface area contributed by atoms with Crippen molar-refractivity contribution < 1.29 is 28.9 Å². The van der Waals surface area contributed by atoms with Crippen molar-refractivity contribution in [1.82, 2.24) is 0 Å². The van der Waals surface area contributed by atoms with Gasteiger partial charge in [0.2, 0.25) is 0 Å². The number of nitrogens with zero attached hydrogens (tertiary/aromatic N) is 1. The first kappa shape index (κ1) is 27.4. The van der Waals surface area contributed by atoms with Crippen LogP contribution in [0.5, 0.6) is 17.2 Å². The van der Waals surface area contributed by atoms with Crippen LogP contribution in [0.2, 0.25) is 10.0 Å². The molecule has 1 aliphatic heterocycles. The number of aliphatic hydroxyl groups excluding tert-OH is 1. The van der Waals surface area contributed by atoms with E-state index in [0.717, 1.165) is 11.1 Å². The number of Topliss-reactive ketones (excluding diaryl/α,β-unsaturated/α-hetero) is 1. The molecule has 0 aliphatic carbocycles. The fourth-order valence-electron chi connectivity index (χ4n) is 4.55. The summed E-state index contributed by atoms with van der Waals surface area (Å²) in [5.74, 6) is -0.868. The summed E-state index contributed by atoms with van der Waals surface area (Å²) in [6, 6.07) is 12.7. The van der Waals surface area contributed by atoms with Crippen molar-refractivity contribution in [2.24, 2.45) is 0 Å². The molecule has 0 bridgehead atoms. The maximum Gasteiger partial charge on any atom is 0.300 e. The number of aliphatic hydroxyl groups is 1. The maximum absolute atomic E-state index is 13.6. The van der Waals surface area contributed by atoms with Gasteiger partial charge in [0.1, 0.15) is 5.76 Å². The number of benzene rings is 3. The van der Waals surface area contributed by atoms with Crippen molar-refractivity contribution in [2.45, 2.75) is 26.8 Å². The van der Waals surface area contributed by atoms with E-state index in [4.69, 9.17) is 37.4 Å². The van der Waals surface area contributed by atoms with Gasteiger partial charge >= 0.3 is 0 Å². The van der Waals surface area contributed by atoms with Gasteiger partial charge in [-0.3, -0.25) is 14.5 Å². The molecule has 7 nitrogen and oxygen atoms in total. The maximum atomic E-state index is 13.6. The second-order valence-electron chi connectivity index (χ2n) is 8.78. The van der Waals surface area contributed by atoms with E-state index >= 15 is 0 Å². The summed E-state index contributed by atoms with van der Waals surface area (Å²) in [5, 5.41) is 11.8. The SMILES string of the molecule is CCOc1cc(C2/C(=C(\O)c3cc(Cl)c(OC)c(Cl)c3)C(=O)C(=O)N2c2cc(C)ccc2C)ccc1OC. The van der Waals surface area contributed by atoms with Crippen molar-refractivity contribution >= 4 is 46.3 Å². The van der Waals surface area contributed by atoms with Crippen molar-refractivity contribution in [3.05, 3.63) is 86.4 Å². The van der Waals surface area contributed by atoms with Crippen LogP contribution in [0, 0.1) is 13.8 Å². The van der Waals surface area contributed by atoms with Crippen molar-refractivity contribution in [1.29, 1.82) is 0 Å². The molecule has 0 spiro atoms. The first-order valence-electron chi connectivity index (χ1n) is 11.8. The van der Waals surface area contributed by atoms with E-state index in [9.17, 15) is 14.7 Å². The molecule has 0 saturated carbocycles. The lowest BCUT2D eigenvalue weighted by molar-refractivity contribution is -0.132. The minimum atomic E-state index is -0.972. The minimum absolute atomic E-state index is 0.110. The van der Waals surface area contributed by atoms with E-state index in [2.05, 4.69) is 0 Å². The van der Waals surface area contributed by atoms with E-state index in [1.54, 1.807) is 18.2 Å². The Hall–Kier alpha value is -3.68. The molecular weight excluding hydrogens is 529 g/mol. The molecule has 198 valence electrons. The van der Waals surface area contributed by atoms with Crippen molar-refractivity contribution in [2.75, 3.05) is 25.7 Å². The normalized spacial score (nSPS) is 16.6. The number of anilines is 1. The van der Waals surface area contributed by atoms with Crippen LogP contribution >= 0.6 is 23.2 Å². The number of halogens is 2. The molecule has 3 aromatic rings. The molecule has 1 heterocycles. The number of amides is 1. The Morgan fingerprint density at radius 1 is 0.947 bits per heavy atom. The quantitative estimate of drug-likeness (QED) is 0.199. The van der Waals surface area contributed by atoms with Crippen LogP contribution in [0.1, 0.15) is 35.2 Å². The molecule has 1 atom stereocenters. The van der Waals surface area contributed by atoms with Crippen molar-refractivity contribution in [3.63, 3.8) is 0 Å². The number of aryl methyl sites for hydroxylation is 2. The molecule has 1 N–H and O–H groups in total. The number of ketones is 1. The summed E-state index contributed by atoms with van der Waals surface area (Å²) in [7, 11) is 2.94. The predicted molar refractivity (Wildman–Crippen MR) is 148 cm³/mol. The van der Waals surface area contributed by atoms with E-state index in [0.29, 0.717) is 29.4 Å². The van der Waals surface area contributed by atoms with Gasteiger partial charge in [0.05, 0.1) is 42.5 Å². The highest BCUT2D eigenvalue weighted by Crippen LogP contribution is 2.46. The molecule has 1 aliphatic rings. The summed E-state index contributed by atoms with van der Waals surface area (Å²) in [4.78, 5) is 28.5. The Morgan fingerprint density at radius 3 is 2.24 bits per heavy atom. The van der Waals surface area contributed by atoms with Crippen LogP contribution in [-0.2, 0) is 9.59 Å². The third-order valence-electron chi connectivity index (χ3n) is 6.35. The Morgan fingerprint density at radius 2 is 1.63 bits per heavy atom. The van der Waals surface area contributed by atoms with Crippen molar-refractivity contribution in [3.8, 4) is 17.2 Å². The van der Waals surface area contributed by atoms with E-state index in [-0.39, 0.29) is 26.9 Å². The number of hydrogen-bond donors (Lipinski definition) is 1. The molecule has 3 aromatic carbocycles. The smallest absolute Gasteiger partial charge is 0.300 e. The van der Waals surface area contributed by atoms with E-state index in [1.807, 2.05) is 39.0 Å². The molecule has 0 aromatic heterocycles. The molecular formula is C29H27Cl2NO6. The Balaban J connectivity index is 2.02. The predicted octanol–water partition coefficient (Wildman–Crippen LogP) is 6.65. The number of ether oxygens (including phenoxy) is 3. The van der Waals surface area contributed by atoms with Gasteiger partial charge in [-0.2, -0.15) is 0 Å². The molecule has 1 fully saturated rings. The average molecular weight is 556 g/mol. The molecule has 38 heavy (non-hydrogen) atoms. The third-order valence-corrected chi connectivity index (χ3v) is 6.91. The summed E-state index contributed by atoms with van der Waals surface area (Å²) in [6.07, 6.45) is 0. The van der Waals surface area contributed by atoms with Crippen LogP contribution in [0.25, 0.3) is 5.76 Å². The van der Waals surface area contributed by atoms with Gasteiger partial charge in [0.25, 0.3) is 11.7 Å². The molecule has 1 amide bonds. The van der Waals surface area contributed by atoms with Gasteiger partial charge in [-0.05, 0) is 67.8 Å². The second kappa shape index (κ2) is 11.0. The molecule has 1 saturated heterocycles. The molecule has 1 unspecified atom stereocenters. The summed E-state index contributed by atoms with van der Waals surface area (Å²) in [6.45, 7) is 5.97. The van der Waals surface area contributed by atoms with Gasteiger partial charge in [0, 0.05) is 11.3 Å². The third kappa shape index (κ3) is 4.79. The number of carbonyl (C=O) groups is 2. The van der Waals surface area contributed by atoms with Gasteiger partial charge in [0.15, 0.2) is 17.2 Å². The number of carbonyl (C=O) groups excluding carboxylic acids is 2. The Bertz CT molecular complexity index is 1440. The van der Waals surface area contributed by atoms with Crippen LogP contribution in [0.4, 0.5) is 5.69 Å². The zero-order valence-corrected chi connectivity index (χ0v) is 23.1. The average Bonchev–Trinajstić information content (AvgIpc) is 3.15. The fourth-order valence-corrected chi connectivity index (χ4v) is 5.20. The lowest BCUT2D eigenvalue weighted by Crippen LogP contribution is -2.30. The number of hydrogen-bond acceptors (Lipinski definition) is 6. The van der Waals surface area contributed by atoms with E-state index in [1.165, 1.54) is 31.3 Å². The van der Waals surface area contributed by atoms with Gasteiger partial charge in [-0.15, -0.1) is 0 Å². The van der Waals surface area contributed by atoms with Crippen LogP contribution < -0.4 is 19.1 Å². The number of methoxy groups -OCH3 is 2. The standard InChI is InChI=1S/C29H27Cl2NO6/c1-6-38-23-14-17(9-10-22(23)36-4)25-24(26(33)18-12-19(30)28(37-5)20(31)13-18)27(34)29(35)32(25)21-11-15(2)7-8-16(21)3/h7-14,25,33H,6H2,1-5H3/b26-24+. The summed E-state index contributed by atoms with van der Waals surface area (Å²) in [5.41, 5.74) is 2.85. The van der Waals surface area contributed by atoms with Crippen LogP contribution in [0.3, 0.4) is 0 Å². The molecule has 4 rings (SSSR count). The second-order valence-corrected chi connectivity index (χ2v) is 9.59. The Labute approximate surface area is 231 Å². The van der Waals surface area contributed by atoms with Crippen LogP contribution in [-0.4, -0.2) is 37.6 Å². The zero-order valence-electron chi connectivity index (χ0n) is 21.6. The number of rotatable bonds is 7. The lowest BCUT2D eigenvalue weighted by Gasteiger charge is -2.27. The fraction of sp³-hybridized carbons (Fsp3) is 0.241. The topological polar surface area (TPSA) is 85.3 Å². The highest BCUT2D eigenvalue weighted by Gasteiger charge is 2.47. The molecule has 9 heteroatoms. The lowest BCUT2D eigenvalue weighted by atomic mass is 9.94. The highest BCUT2D eigenvalue weighted by molar-refractivity contribution is 6.52. The van der Waals surface area contributed by atoms with E-state index < -0.39 is 23.5 Å². The van der Waals surface area contributed by atoms with Gasteiger partial charge in [-0.1, -0.05) is 41.4 Å². The van der Waals surface area contributed by atoms with Crippen LogP contribution in [0.15, 0.2) is 54.1 Å². The molecule has 0 radical (unpaired) electrons. The summed E-state index contributed by atoms with van der Waals surface area (Å²) < 4.78 is 16.4. The summed E-state index contributed by atoms with van der Waals surface area (Å²) >= 11 is 12.6. The first-order valence-corrected chi connectivity index (χ1v) is 12.6. The zero-order chi connectivity index (χ0) is 27.7. The minimum Gasteiger partial charge on any atom is -0.507 e. The highest BCUT2D eigenvalue weighted by atomic mass is 35.5. The largest absolute Gasteiger partial charge is 0.507 e.